The van der Waals surface area contributed by atoms with Gasteiger partial charge < -0.3 is 10.1 Å². The number of amides is 1. The zero-order valence-electron chi connectivity index (χ0n) is 13.9. The topological polar surface area (TPSA) is 51.2 Å². The number of nitrogens with one attached hydrogen (secondary N) is 1. The lowest BCUT2D eigenvalue weighted by molar-refractivity contribution is 0.140. The van der Waals surface area contributed by atoms with Gasteiger partial charge in [0.05, 0.1) is 5.69 Å². The molecule has 3 aromatic rings. The molecule has 1 amide bonds. The van der Waals surface area contributed by atoms with Crippen molar-refractivity contribution < 1.29 is 9.53 Å². The van der Waals surface area contributed by atoms with Crippen LogP contribution in [0.15, 0.2) is 79.0 Å². The molecule has 2 aromatic carbocycles. The Bertz CT molecular complexity index is 787. The molecule has 25 heavy (non-hydrogen) atoms. The average molecular weight is 332 g/mol. The first-order chi connectivity index (χ1) is 12.3. The van der Waals surface area contributed by atoms with Gasteiger partial charge in [-0.3, -0.25) is 4.98 Å². The van der Waals surface area contributed by atoms with Crippen LogP contribution in [0.2, 0.25) is 0 Å². The summed E-state index contributed by atoms with van der Waals surface area (Å²) in [5.74, 6) is 0. The van der Waals surface area contributed by atoms with E-state index in [1.54, 1.807) is 0 Å². The largest absolute Gasteiger partial charge is 0.445 e. The highest BCUT2D eigenvalue weighted by Gasteiger charge is 2.03. The van der Waals surface area contributed by atoms with Crippen molar-refractivity contribution in [1.82, 2.24) is 10.3 Å². The Kier molecular flexibility index (Phi) is 5.77. The molecule has 1 aromatic heterocycles. The van der Waals surface area contributed by atoms with Crippen LogP contribution in [0.3, 0.4) is 0 Å². The number of aromatic nitrogens is 1. The van der Waals surface area contributed by atoms with Gasteiger partial charge in [0, 0.05) is 18.3 Å². The maximum absolute atomic E-state index is 11.7. The zero-order valence-corrected chi connectivity index (χ0v) is 13.9. The van der Waals surface area contributed by atoms with Crippen molar-refractivity contribution in [1.29, 1.82) is 0 Å². The van der Waals surface area contributed by atoms with E-state index < -0.39 is 6.09 Å². The van der Waals surface area contributed by atoms with E-state index in [0.717, 1.165) is 22.4 Å². The lowest BCUT2D eigenvalue weighted by atomic mass is 10.1. The van der Waals surface area contributed by atoms with Gasteiger partial charge >= 0.3 is 6.09 Å². The van der Waals surface area contributed by atoms with Crippen molar-refractivity contribution in [2.45, 2.75) is 13.0 Å². The number of nitrogens with zero attached hydrogens (tertiary/aromatic N) is 1. The molecule has 0 spiro atoms. The highest BCUT2D eigenvalue weighted by Crippen LogP contribution is 2.16. The minimum atomic E-state index is -0.405. The van der Waals surface area contributed by atoms with E-state index in [1.807, 2.05) is 79.0 Å². The van der Waals surface area contributed by atoms with Crippen LogP contribution in [0.25, 0.3) is 11.3 Å². The minimum Gasteiger partial charge on any atom is -0.445 e. The van der Waals surface area contributed by atoms with Gasteiger partial charge in [-0.05, 0) is 23.6 Å². The fraction of sp³-hybridized carbons (Fsp3) is 0.143. The average Bonchev–Trinajstić information content (AvgIpc) is 2.68. The molecule has 3 rings (SSSR count). The van der Waals surface area contributed by atoms with E-state index in [1.165, 1.54) is 0 Å². The first-order valence-electron chi connectivity index (χ1n) is 8.26. The number of hydrogen-bond acceptors (Lipinski definition) is 3. The minimum absolute atomic E-state index is 0.278. The molecule has 0 saturated heterocycles. The lowest BCUT2D eigenvalue weighted by Gasteiger charge is -2.07. The Morgan fingerprint density at radius 1 is 0.880 bits per heavy atom. The Balaban J connectivity index is 1.42. The van der Waals surface area contributed by atoms with Gasteiger partial charge in [0.1, 0.15) is 6.61 Å². The number of alkyl carbamates (subject to hydrolysis) is 1. The van der Waals surface area contributed by atoms with Gasteiger partial charge in [-0.25, -0.2) is 4.79 Å². The Labute approximate surface area is 147 Å². The highest BCUT2D eigenvalue weighted by molar-refractivity contribution is 5.67. The smallest absolute Gasteiger partial charge is 0.407 e. The van der Waals surface area contributed by atoms with E-state index in [9.17, 15) is 4.79 Å². The molecule has 0 aliphatic rings. The maximum Gasteiger partial charge on any atom is 0.407 e. The number of ether oxygens (including phenoxy) is 1. The second kappa shape index (κ2) is 8.64. The van der Waals surface area contributed by atoms with Crippen LogP contribution in [0, 0.1) is 0 Å². The van der Waals surface area contributed by atoms with E-state index in [0.29, 0.717) is 13.0 Å². The van der Waals surface area contributed by atoms with Crippen LogP contribution in [0.1, 0.15) is 11.1 Å². The van der Waals surface area contributed by atoms with E-state index in [4.69, 9.17) is 4.74 Å². The summed E-state index contributed by atoms with van der Waals surface area (Å²) in [6.07, 6.45) is 2.15. The monoisotopic (exact) mass is 332 g/mol. The van der Waals surface area contributed by atoms with Gasteiger partial charge in [-0.1, -0.05) is 66.7 Å². The molecule has 0 bridgehead atoms. The summed E-state index contributed by atoms with van der Waals surface area (Å²) in [6.45, 7) is 0.792. The number of carbonyl (C=O) groups excluding carboxylic acids is 1. The van der Waals surface area contributed by atoms with Crippen molar-refractivity contribution in [3.8, 4) is 11.3 Å². The molecule has 0 radical (unpaired) electrons. The molecule has 1 heterocycles. The fourth-order valence-corrected chi connectivity index (χ4v) is 2.44. The molecule has 0 aliphatic heterocycles. The summed E-state index contributed by atoms with van der Waals surface area (Å²) in [5, 5.41) is 2.76. The third kappa shape index (κ3) is 5.18. The van der Waals surface area contributed by atoms with Crippen molar-refractivity contribution in [3.63, 3.8) is 0 Å². The first-order valence-corrected chi connectivity index (χ1v) is 8.26. The van der Waals surface area contributed by atoms with E-state index in [2.05, 4.69) is 10.3 Å². The molecule has 0 atom stereocenters. The SMILES string of the molecule is O=C(NCCc1ccc(-c2ccccc2)nc1)OCc1ccccc1. The Morgan fingerprint density at radius 2 is 1.60 bits per heavy atom. The van der Waals surface area contributed by atoms with Crippen LogP contribution in [-0.2, 0) is 17.8 Å². The van der Waals surface area contributed by atoms with Gasteiger partial charge in [0.25, 0.3) is 0 Å². The van der Waals surface area contributed by atoms with Crippen LogP contribution in [0.5, 0.6) is 0 Å². The second-order valence-corrected chi connectivity index (χ2v) is 5.66. The maximum atomic E-state index is 11.7. The standard InChI is InChI=1S/C21H20N2O2/c24-21(25-16-18-7-3-1-4-8-18)22-14-13-17-11-12-20(23-15-17)19-9-5-2-6-10-19/h1-12,15H,13-14,16H2,(H,22,24). The van der Waals surface area contributed by atoms with Gasteiger partial charge in [-0.2, -0.15) is 0 Å². The van der Waals surface area contributed by atoms with Crippen LogP contribution in [0.4, 0.5) is 4.79 Å². The first kappa shape index (κ1) is 16.7. The highest BCUT2D eigenvalue weighted by atomic mass is 16.5. The van der Waals surface area contributed by atoms with E-state index in [-0.39, 0.29) is 6.61 Å². The molecule has 4 heteroatoms. The van der Waals surface area contributed by atoms with Crippen molar-refractivity contribution in [2.75, 3.05) is 6.54 Å². The summed E-state index contributed by atoms with van der Waals surface area (Å²) in [7, 11) is 0. The molecule has 4 nitrogen and oxygen atoms in total. The van der Waals surface area contributed by atoms with Crippen LogP contribution >= 0.6 is 0 Å². The normalized spacial score (nSPS) is 10.2. The summed E-state index contributed by atoms with van der Waals surface area (Å²) < 4.78 is 5.18. The van der Waals surface area contributed by atoms with Gasteiger partial charge in [-0.15, -0.1) is 0 Å². The van der Waals surface area contributed by atoms with Crippen molar-refractivity contribution in [3.05, 3.63) is 90.1 Å². The summed E-state index contributed by atoms with van der Waals surface area (Å²) in [6, 6.07) is 23.7. The van der Waals surface area contributed by atoms with Gasteiger partial charge in [0.15, 0.2) is 0 Å². The number of hydrogen-bond donors (Lipinski definition) is 1. The summed E-state index contributed by atoms with van der Waals surface area (Å²) in [4.78, 5) is 16.2. The Hall–Kier alpha value is -3.14. The number of pyridine rings is 1. The molecular formula is C21H20N2O2. The molecule has 126 valence electrons. The van der Waals surface area contributed by atoms with Crippen molar-refractivity contribution in [2.24, 2.45) is 0 Å². The fourth-order valence-electron chi connectivity index (χ4n) is 2.44. The molecule has 0 fully saturated rings. The quantitative estimate of drug-likeness (QED) is 0.735. The predicted molar refractivity (Wildman–Crippen MR) is 98.0 cm³/mol. The molecule has 0 saturated carbocycles. The van der Waals surface area contributed by atoms with Crippen LogP contribution < -0.4 is 5.32 Å². The number of benzene rings is 2. The molecule has 0 unspecified atom stereocenters. The number of rotatable bonds is 6. The molecule has 0 aliphatic carbocycles. The molecular weight excluding hydrogens is 312 g/mol. The van der Waals surface area contributed by atoms with Crippen LogP contribution in [-0.4, -0.2) is 17.6 Å². The lowest BCUT2D eigenvalue weighted by Crippen LogP contribution is -2.26. The predicted octanol–water partition coefficient (Wildman–Crippen LogP) is 4.22. The summed E-state index contributed by atoms with van der Waals surface area (Å²) >= 11 is 0. The third-order valence-electron chi connectivity index (χ3n) is 3.79. The number of carbonyl (C=O) groups is 1. The Morgan fingerprint density at radius 3 is 2.28 bits per heavy atom. The van der Waals surface area contributed by atoms with Crippen molar-refractivity contribution >= 4 is 6.09 Å². The van der Waals surface area contributed by atoms with E-state index >= 15 is 0 Å². The summed E-state index contributed by atoms with van der Waals surface area (Å²) in [5.41, 5.74) is 4.08. The molecule has 1 N–H and O–H groups in total. The second-order valence-electron chi connectivity index (χ2n) is 5.66. The zero-order chi connectivity index (χ0) is 17.3. The third-order valence-corrected chi connectivity index (χ3v) is 3.79. The van der Waals surface area contributed by atoms with Gasteiger partial charge in [0.2, 0.25) is 0 Å².